The summed E-state index contributed by atoms with van der Waals surface area (Å²) in [6.45, 7) is 0. The molecule has 1 aliphatic carbocycles. The van der Waals surface area contributed by atoms with Gasteiger partial charge < -0.3 is 10.0 Å². The first-order valence-corrected chi connectivity index (χ1v) is 9.47. The van der Waals surface area contributed by atoms with Gasteiger partial charge in [-0.05, 0) is 75.3 Å². The number of carboxylic acid groups (broad SMARTS) is 1. The van der Waals surface area contributed by atoms with Gasteiger partial charge in [0.2, 0.25) is 0 Å². The van der Waals surface area contributed by atoms with E-state index < -0.39 is 11.4 Å². The van der Waals surface area contributed by atoms with Gasteiger partial charge in [-0.15, -0.1) is 23.7 Å². The fraction of sp³-hybridized carbons (Fsp3) is 0.722. The second-order valence-corrected chi connectivity index (χ2v) is 8.60. The number of thiophene rings is 1. The lowest BCUT2D eigenvalue weighted by Crippen LogP contribution is -2.42. The molecule has 4 rings (SSSR count). The van der Waals surface area contributed by atoms with Gasteiger partial charge in [0.05, 0.1) is 0 Å². The highest BCUT2D eigenvalue weighted by molar-refractivity contribution is 7.10. The smallest absolute Gasteiger partial charge is 0.314 e. The second kappa shape index (κ2) is 6.38. The summed E-state index contributed by atoms with van der Waals surface area (Å²) in [5.74, 6) is 0.748. The molecule has 128 valence electrons. The third kappa shape index (κ3) is 2.73. The van der Waals surface area contributed by atoms with Crippen molar-refractivity contribution in [2.24, 2.45) is 11.8 Å². The van der Waals surface area contributed by atoms with Crippen LogP contribution in [0.25, 0.3) is 0 Å². The van der Waals surface area contributed by atoms with Crippen molar-refractivity contribution in [3.8, 4) is 0 Å². The van der Waals surface area contributed by atoms with E-state index in [4.69, 9.17) is 0 Å². The summed E-state index contributed by atoms with van der Waals surface area (Å²) in [6, 6.07) is 5.53. The number of carbonyl (C=O) groups is 1. The molecule has 0 aromatic carbocycles. The summed E-state index contributed by atoms with van der Waals surface area (Å²) in [5, 5.41) is 11.9. The van der Waals surface area contributed by atoms with Gasteiger partial charge >= 0.3 is 5.97 Å². The Balaban J connectivity index is 0.00000156. The molecule has 2 saturated heterocycles. The third-order valence-corrected chi connectivity index (χ3v) is 7.83. The maximum absolute atomic E-state index is 12.0. The Morgan fingerprint density at radius 3 is 2.52 bits per heavy atom. The summed E-state index contributed by atoms with van der Waals surface area (Å²) in [7, 11) is 2.28. The highest BCUT2D eigenvalue weighted by Gasteiger charge is 2.51. The topological polar surface area (TPSA) is 40.5 Å². The predicted octanol–water partition coefficient (Wildman–Crippen LogP) is 4.17. The van der Waals surface area contributed by atoms with Crippen LogP contribution >= 0.6 is 23.7 Å². The van der Waals surface area contributed by atoms with Crippen molar-refractivity contribution >= 4 is 29.7 Å². The molecule has 0 amide bonds. The van der Waals surface area contributed by atoms with Crippen molar-refractivity contribution in [2.45, 2.75) is 62.4 Å². The van der Waals surface area contributed by atoms with Crippen LogP contribution in [0.4, 0.5) is 0 Å². The van der Waals surface area contributed by atoms with Crippen LogP contribution in [0.5, 0.6) is 0 Å². The molecule has 3 aliphatic rings. The van der Waals surface area contributed by atoms with Gasteiger partial charge in [0.15, 0.2) is 0 Å². The maximum atomic E-state index is 12.0. The molecule has 3 heterocycles. The normalized spacial score (nSPS) is 40.0. The van der Waals surface area contributed by atoms with E-state index in [1.165, 1.54) is 25.7 Å². The Labute approximate surface area is 148 Å². The molecule has 0 spiro atoms. The predicted molar refractivity (Wildman–Crippen MR) is 95.5 cm³/mol. The molecule has 4 atom stereocenters. The van der Waals surface area contributed by atoms with Gasteiger partial charge in [-0.25, -0.2) is 0 Å². The number of aliphatic carboxylic acids is 1. The second-order valence-electron chi connectivity index (χ2n) is 7.65. The Bertz CT molecular complexity index is 549. The van der Waals surface area contributed by atoms with E-state index in [2.05, 4.69) is 11.9 Å². The van der Waals surface area contributed by atoms with E-state index in [9.17, 15) is 9.90 Å². The molecule has 1 N–H and O–H groups in total. The fourth-order valence-electron chi connectivity index (χ4n) is 5.40. The number of carboxylic acids is 1. The van der Waals surface area contributed by atoms with E-state index in [-0.39, 0.29) is 12.4 Å². The van der Waals surface area contributed by atoms with Crippen LogP contribution in [0, 0.1) is 11.8 Å². The van der Waals surface area contributed by atoms with E-state index in [0.29, 0.717) is 5.92 Å². The van der Waals surface area contributed by atoms with E-state index in [1.54, 1.807) is 11.3 Å². The highest BCUT2D eigenvalue weighted by Crippen LogP contribution is 2.52. The van der Waals surface area contributed by atoms with Gasteiger partial charge in [-0.1, -0.05) is 6.07 Å². The molecule has 3 nitrogen and oxygen atoms in total. The van der Waals surface area contributed by atoms with Crippen molar-refractivity contribution in [1.29, 1.82) is 0 Å². The van der Waals surface area contributed by atoms with Crippen molar-refractivity contribution in [1.82, 2.24) is 4.90 Å². The zero-order chi connectivity index (χ0) is 15.3. The number of fused-ring (bicyclic) bond motifs is 2. The Kier molecular flexibility index (Phi) is 4.78. The van der Waals surface area contributed by atoms with Gasteiger partial charge in [0.1, 0.15) is 5.41 Å². The van der Waals surface area contributed by atoms with E-state index >= 15 is 0 Å². The van der Waals surface area contributed by atoms with Crippen LogP contribution in [0.15, 0.2) is 17.5 Å². The first kappa shape index (κ1) is 17.2. The van der Waals surface area contributed by atoms with Gasteiger partial charge in [-0.3, -0.25) is 4.79 Å². The standard InChI is InChI=1S/C18H25NO2S.ClH/c1-19-14-4-5-15(19)10-13(9-14)12-6-7-18(11-12,17(20)21)16-3-2-8-22-16;/h2-3,8,12-15H,4-7,9-11H2,1H3,(H,20,21);1H. The summed E-state index contributed by atoms with van der Waals surface area (Å²) in [5.41, 5.74) is -0.596. The number of hydrogen-bond donors (Lipinski definition) is 1. The van der Waals surface area contributed by atoms with E-state index in [0.717, 1.165) is 42.1 Å². The number of halogens is 1. The van der Waals surface area contributed by atoms with Crippen LogP contribution in [-0.4, -0.2) is 35.1 Å². The molecule has 2 bridgehead atoms. The van der Waals surface area contributed by atoms with Gasteiger partial charge in [0.25, 0.3) is 0 Å². The van der Waals surface area contributed by atoms with Crippen LogP contribution in [0.2, 0.25) is 0 Å². The summed E-state index contributed by atoms with van der Waals surface area (Å²) >= 11 is 1.62. The molecule has 5 heteroatoms. The minimum atomic E-state index is -0.603. The summed E-state index contributed by atoms with van der Waals surface area (Å²) in [4.78, 5) is 15.7. The lowest BCUT2D eigenvalue weighted by molar-refractivity contribution is -0.143. The lowest BCUT2D eigenvalue weighted by atomic mass is 9.77. The molecular weight excluding hydrogens is 330 g/mol. The van der Waals surface area contributed by atoms with Crippen LogP contribution in [-0.2, 0) is 10.2 Å². The molecule has 1 aromatic rings. The minimum absolute atomic E-state index is 0. The summed E-state index contributed by atoms with van der Waals surface area (Å²) in [6.07, 6.45) is 8.05. The van der Waals surface area contributed by atoms with Gasteiger partial charge in [0, 0.05) is 17.0 Å². The third-order valence-electron chi connectivity index (χ3n) is 6.76. The molecule has 3 fully saturated rings. The molecule has 23 heavy (non-hydrogen) atoms. The molecule has 4 unspecified atom stereocenters. The van der Waals surface area contributed by atoms with Crippen LogP contribution < -0.4 is 0 Å². The van der Waals surface area contributed by atoms with Crippen LogP contribution in [0.1, 0.15) is 49.8 Å². The lowest BCUT2D eigenvalue weighted by Gasteiger charge is -2.39. The molecule has 2 aliphatic heterocycles. The van der Waals surface area contributed by atoms with Crippen LogP contribution in [0.3, 0.4) is 0 Å². The maximum Gasteiger partial charge on any atom is 0.314 e. The minimum Gasteiger partial charge on any atom is -0.481 e. The first-order valence-electron chi connectivity index (χ1n) is 8.59. The van der Waals surface area contributed by atoms with Crippen molar-refractivity contribution in [2.75, 3.05) is 7.05 Å². The summed E-state index contributed by atoms with van der Waals surface area (Å²) < 4.78 is 0. The average molecular weight is 356 g/mol. The fourth-order valence-corrected chi connectivity index (χ4v) is 6.36. The van der Waals surface area contributed by atoms with E-state index in [1.807, 2.05) is 17.5 Å². The molecule has 0 radical (unpaired) electrons. The average Bonchev–Trinajstić information content (AvgIpc) is 3.19. The molecule has 1 saturated carbocycles. The van der Waals surface area contributed by atoms with Gasteiger partial charge in [-0.2, -0.15) is 0 Å². The zero-order valence-electron chi connectivity index (χ0n) is 13.6. The quantitative estimate of drug-likeness (QED) is 0.884. The SMILES string of the molecule is CN1C2CCC1CC(C1CCC(C(=O)O)(c3cccs3)C1)C2.Cl. The highest BCUT2D eigenvalue weighted by atomic mass is 35.5. The number of rotatable bonds is 3. The zero-order valence-corrected chi connectivity index (χ0v) is 15.2. The molecular formula is C18H26ClNO2S. The monoisotopic (exact) mass is 355 g/mol. The number of hydrogen-bond acceptors (Lipinski definition) is 3. The number of nitrogens with zero attached hydrogens (tertiary/aromatic N) is 1. The van der Waals surface area contributed by atoms with Crippen molar-refractivity contribution in [3.05, 3.63) is 22.4 Å². The molecule has 1 aromatic heterocycles. The largest absolute Gasteiger partial charge is 0.481 e. The first-order chi connectivity index (χ1) is 10.6. The Hall–Kier alpha value is -0.580. The Morgan fingerprint density at radius 2 is 1.96 bits per heavy atom. The Morgan fingerprint density at radius 1 is 1.26 bits per heavy atom. The van der Waals surface area contributed by atoms with Crippen molar-refractivity contribution in [3.63, 3.8) is 0 Å². The van der Waals surface area contributed by atoms with Crippen molar-refractivity contribution < 1.29 is 9.90 Å². The number of piperidine rings is 1.